The van der Waals surface area contributed by atoms with Crippen molar-refractivity contribution in [3.05, 3.63) is 77.1 Å². The molecule has 6 nitrogen and oxygen atoms in total. The number of carbonyl (C=O) groups excluding carboxylic acids is 1. The second kappa shape index (κ2) is 8.49. The van der Waals surface area contributed by atoms with Gasteiger partial charge in [-0.2, -0.15) is 0 Å². The van der Waals surface area contributed by atoms with Crippen LogP contribution in [0.2, 0.25) is 0 Å². The van der Waals surface area contributed by atoms with Gasteiger partial charge < -0.3 is 5.32 Å². The molecule has 1 atom stereocenters. The van der Waals surface area contributed by atoms with Crippen LogP contribution in [0.15, 0.2) is 65.0 Å². The van der Waals surface area contributed by atoms with E-state index in [2.05, 4.69) is 15.0 Å². The van der Waals surface area contributed by atoms with Crippen LogP contribution < -0.4 is 10.0 Å². The fourth-order valence-corrected chi connectivity index (χ4v) is 4.38. The Hall–Kier alpha value is -2.78. The van der Waals surface area contributed by atoms with E-state index in [9.17, 15) is 17.6 Å². The van der Waals surface area contributed by atoms with Gasteiger partial charge >= 0.3 is 0 Å². The van der Waals surface area contributed by atoms with E-state index in [1.54, 1.807) is 17.5 Å². The Morgan fingerprint density at radius 1 is 1.14 bits per heavy atom. The molecule has 0 aliphatic rings. The van der Waals surface area contributed by atoms with Crippen molar-refractivity contribution < 1.29 is 17.6 Å². The third-order valence-electron chi connectivity index (χ3n) is 4.07. The molecule has 1 heterocycles. The summed E-state index contributed by atoms with van der Waals surface area (Å²) in [6, 6.07) is 11.3. The molecular formula is C19H18FN3O3S2. The van der Waals surface area contributed by atoms with Gasteiger partial charge in [0.05, 0.1) is 10.9 Å². The Balaban J connectivity index is 1.71. The highest BCUT2D eigenvalue weighted by Gasteiger charge is 2.18. The summed E-state index contributed by atoms with van der Waals surface area (Å²) in [5.41, 5.74) is 1.12. The topological polar surface area (TPSA) is 88.2 Å². The summed E-state index contributed by atoms with van der Waals surface area (Å²) < 4.78 is 40.2. The van der Waals surface area contributed by atoms with Gasteiger partial charge in [0.1, 0.15) is 5.82 Å². The number of anilines is 1. The van der Waals surface area contributed by atoms with Crippen molar-refractivity contribution in [2.24, 2.45) is 0 Å². The Labute approximate surface area is 166 Å². The van der Waals surface area contributed by atoms with E-state index in [0.717, 1.165) is 5.56 Å². The summed E-state index contributed by atoms with van der Waals surface area (Å²) in [7, 11) is -3.77. The van der Waals surface area contributed by atoms with Crippen LogP contribution in [0.4, 0.5) is 9.52 Å². The fraction of sp³-hybridized carbons (Fsp3) is 0.158. The molecular weight excluding hydrogens is 401 g/mol. The number of rotatable bonds is 7. The number of benzene rings is 2. The van der Waals surface area contributed by atoms with Crippen molar-refractivity contribution in [1.29, 1.82) is 0 Å². The Bertz CT molecular complexity index is 1040. The Morgan fingerprint density at radius 3 is 2.39 bits per heavy atom. The monoisotopic (exact) mass is 419 g/mol. The summed E-state index contributed by atoms with van der Waals surface area (Å²) in [6.45, 7) is 1.91. The van der Waals surface area contributed by atoms with E-state index in [1.165, 1.54) is 53.9 Å². The predicted molar refractivity (Wildman–Crippen MR) is 106 cm³/mol. The van der Waals surface area contributed by atoms with Crippen molar-refractivity contribution in [2.45, 2.75) is 24.3 Å². The molecule has 1 aromatic heterocycles. The molecule has 2 N–H and O–H groups in total. The molecule has 3 rings (SSSR count). The number of thiazole rings is 1. The number of nitrogens with zero attached hydrogens (tertiary/aromatic N) is 1. The van der Waals surface area contributed by atoms with Crippen LogP contribution in [-0.4, -0.2) is 19.3 Å². The summed E-state index contributed by atoms with van der Waals surface area (Å²) in [6.07, 6.45) is 2.13. The number of amides is 1. The molecule has 2 aromatic carbocycles. The van der Waals surface area contributed by atoms with E-state index >= 15 is 0 Å². The highest BCUT2D eigenvalue weighted by molar-refractivity contribution is 7.93. The highest BCUT2D eigenvalue weighted by atomic mass is 32.2. The standard InChI is InChI=1S/C19H18FN3O3S2/c1-2-17(13-3-7-15(20)8-4-13)22-18(24)14-5-9-16(10-6-14)28(25,26)23-19-21-11-12-27-19/h3-12,17H,2H2,1H3,(H,21,23)(H,22,24). The molecule has 0 saturated carbocycles. The molecule has 0 fully saturated rings. The van der Waals surface area contributed by atoms with Gasteiger partial charge in [-0.05, 0) is 48.4 Å². The average molecular weight is 420 g/mol. The third kappa shape index (κ3) is 4.73. The summed E-state index contributed by atoms with van der Waals surface area (Å²) in [5.74, 6) is -0.680. The molecule has 0 spiro atoms. The first-order chi connectivity index (χ1) is 13.4. The number of aromatic nitrogens is 1. The minimum absolute atomic E-state index is 0.0322. The number of hydrogen-bond acceptors (Lipinski definition) is 5. The number of carbonyl (C=O) groups is 1. The van der Waals surface area contributed by atoms with Crippen LogP contribution in [0.1, 0.15) is 35.3 Å². The number of sulfonamides is 1. The molecule has 1 unspecified atom stereocenters. The Morgan fingerprint density at radius 2 is 1.82 bits per heavy atom. The molecule has 0 aliphatic carbocycles. The molecule has 146 valence electrons. The van der Waals surface area contributed by atoms with Gasteiger partial charge in [-0.1, -0.05) is 19.1 Å². The number of halogens is 1. The molecule has 28 heavy (non-hydrogen) atoms. The number of nitrogens with one attached hydrogen (secondary N) is 2. The van der Waals surface area contributed by atoms with E-state index in [1.807, 2.05) is 6.92 Å². The van der Waals surface area contributed by atoms with Gasteiger partial charge in [0.2, 0.25) is 0 Å². The van der Waals surface area contributed by atoms with Crippen molar-refractivity contribution in [3.8, 4) is 0 Å². The first-order valence-corrected chi connectivity index (χ1v) is 10.8. The van der Waals surface area contributed by atoms with E-state index in [0.29, 0.717) is 12.0 Å². The first-order valence-electron chi connectivity index (χ1n) is 8.48. The minimum atomic E-state index is -3.77. The molecule has 0 radical (unpaired) electrons. The minimum Gasteiger partial charge on any atom is -0.345 e. The van der Waals surface area contributed by atoms with Crippen molar-refractivity contribution in [3.63, 3.8) is 0 Å². The zero-order valence-electron chi connectivity index (χ0n) is 14.9. The first kappa shape index (κ1) is 20.0. The summed E-state index contributed by atoms with van der Waals surface area (Å²) >= 11 is 1.17. The smallest absolute Gasteiger partial charge is 0.263 e. The summed E-state index contributed by atoms with van der Waals surface area (Å²) in [5, 5.41) is 4.81. The van der Waals surface area contributed by atoms with Crippen LogP contribution in [-0.2, 0) is 10.0 Å². The average Bonchev–Trinajstić information content (AvgIpc) is 3.19. The van der Waals surface area contributed by atoms with Gasteiger partial charge in [0, 0.05) is 17.1 Å². The van der Waals surface area contributed by atoms with Crippen LogP contribution in [0.5, 0.6) is 0 Å². The molecule has 3 aromatic rings. The zero-order valence-corrected chi connectivity index (χ0v) is 16.6. The zero-order chi connectivity index (χ0) is 20.1. The largest absolute Gasteiger partial charge is 0.345 e. The summed E-state index contributed by atoms with van der Waals surface area (Å²) in [4.78, 5) is 16.4. The van der Waals surface area contributed by atoms with Crippen molar-refractivity contribution in [2.75, 3.05) is 4.72 Å². The molecule has 9 heteroatoms. The second-order valence-corrected chi connectivity index (χ2v) is 8.53. The lowest BCUT2D eigenvalue weighted by atomic mass is 10.0. The lowest BCUT2D eigenvalue weighted by molar-refractivity contribution is 0.0935. The van der Waals surface area contributed by atoms with Crippen LogP contribution in [0, 0.1) is 5.82 Å². The molecule has 0 aliphatic heterocycles. The Kier molecular flexibility index (Phi) is 6.05. The van der Waals surface area contributed by atoms with Crippen molar-refractivity contribution >= 4 is 32.4 Å². The van der Waals surface area contributed by atoms with Gasteiger partial charge in [-0.15, -0.1) is 11.3 Å². The van der Waals surface area contributed by atoms with Crippen LogP contribution >= 0.6 is 11.3 Å². The van der Waals surface area contributed by atoms with Gasteiger partial charge in [0.15, 0.2) is 5.13 Å². The maximum atomic E-state index is 13.1. The maximum absolute atomic E-state index is 13.1. The SMILES string of the molecule is CCC(NC(=O)c1ccc(S(=O)(=O)Nc2nccs2)cc1)c1ccc(F)cc1. The van der Waals surface area contributed by atoms with E-state index in [4.69, 9.17) is 0 Å². The van der Waals surface area contributed by atoms with E-state index in [-0.39, 0.29) is 27.8 Å². The van der Waals surface area contributed by atoms with Gasteiger partial charge in [-0.25, -0.2) is 17.8 Å². The lowest BCUT2D eigenvalue weighted by Crippen LogP contribution is -2.28. The quantitative estimate of drug-likeness (QED) is 0.607. The van der Waals surface area contributed by atoms with Gasteiger partial charge in [0.25, 0.3) is 15.9 Å². The molecule has 0 saturated heterocycles. The van der Waals surface area contributed by atoms with Crippen molar-refractivity contribution in [1.82, 2.24) is 10.3 Å². The van der Waals surface area contributed by atoms with E-state index < -0.39 is 10.0 Å². The highest BCUT2D eigenvalue weighted by Crippen LogP contribution is 2.20. The second-order valence-electron chi connectivity index (χ2n) is 5.95. The normalized spacial score (nSPS) is 12.4. The predicted octanol–water partition coefficient (Wildman–Crippen LogP) is 3.96. The maximum Gasteiger partial charge on any atom is 0.263 e. The van der Waals surface area contributed by atoms with Crippen LogP contribution in [0.3, 0.4) is 0 Å². The fourth-order valence-electron chi connectivity index (χ4n) is 2.59. The lowest BCUT2D eigenvalue weighted by Gasteiger charge is -2.17. The van der Waals surface area contributed by atoms with Crippen LogP contribution in [0.25, 0.3) is 0 Å². The molecule has 0 bridgehead atoms. The molecule has 1 amide bonds. The van der Waals surface area contributed by atoms with Gasteiger partial charge in [-0.3, -0.25) is 9.52 Å². The number of hydrogen-bond donors (Lipinski definition) is 2. The third-order valence-corrected chi connectivity index (χ3v) is 6.24.